The van der Waals surface area contributed by atoms with Gasteiger partial charge in [0.15, 0.2) is 6.35 Å². The molecule has 9 heteroatoms. The van der Waals surface area contributed by atoms with Crippen LogP contribution < -0.4 is 4.90 Å². The molecule has 2 aromatic carbocycles. The quantitative estimate of drug-likeness (QED) is 0.611. The van der Waals surface area contributed by atoms with Crippen molar-refractivity contribution in [1.82, 2.24) is 9.88 Å². The van der Waals surface area contributed by atoms with Crippen LogP contribution in [0.5, 0.6) is 0 Å². The van der Waals surface area contributed by atoms with E-state index in [1.165, 1.54) is 17.0 Å². The lowest BCUT2D eigenvalue weighted by molar-refractivity contribution is -0.137. The number of benzene rings is 2. The number of halogens is 3. The molecule has 0 aliphatic carbocycles. The third kappa shape index (κ3) is 4.14. The van der Waals surface area contributed by atoms with E-state index in [1.807, 2.05) is 36.4 Å². The highest BCUT2D eigenvalue weighted by Gasteiger charge is 2.52. The van der Waals surface area contributed by atoms with Gasteiger partial charge in [-0.2, -0.15) is 18.4 Å². The number of alkyl halides is 3. The van der Waals surface area contributed by atoms with E-state index in [1.54, 1.807) is 26.2 Å². The van der Waals surface area contributed by atoms with Gasteiger partial charge in [0.05, 0.1) is 22.7 Å². The van der Waals surface area contributed by atoms with Gasteiger partial charge in [-0.3, -0.25) is 14.7 Å². The third-order valence-electron chi connectivity index (χ3n) is 5.98. The van der Waals surface area contributed by atoms with E-state index in [0.29, 0.717) is 0 Å². The Kier molecular flexibility index (Phi) is 5.89. The molecule has 1 aliphatic heterocycles. The predicted molar refractivity (Wildman–Crippen MR) is 119 cm³/mol. The minimum Gasteiger partial charge on any atom is -0.360 e. The maximum atomic E-state index is 13.4. The molecule has 3 aromatic rings. The van der Waals surface area contributed by atoms with Gasteiger partial charge in [0, 0.05) is 24.6 Å². The first kappa shape index (κ1) is 23.4. The smallest absolute Gasteiger partial charge is 0.360 e. The average molecular weight is 466 g/mol. The number of nitrogens with zero attached hydrogens (tertiary/aromatic N) is 4. The molecule has 34 heavy (non-hydrogen) atoms. The Bertz CT molecular complexity index is 1250. The first-order valence-corrected chi connectivity index (χ1v) is 10.4. The number of rotatable bonds is 4. The Balaban J connectivity index is 1.63. The van der Waals surface area contributed by atoms with Gasteiger partial charge >= 0.3 is 6.18 Å². The molecule has 0 saturated carbocycles. The van der Waals surface area contributed by atoms with Gasteiger partial charge in [-0.1, -0.05) is 30.3 Å². The highest BCUT2D eigenvalue weighted by Crippen LogP contribution is 2.39. The lowest BCUT2D eigenvalue weighted by Gasteiger charge is -2.30. The van der Waals surface area contributed by atoms with E-state index in [4.69, 9.17) is 5.26 Å². The van der Waals surface area contributed by atoms with Crippen molar-refractivity contribution in [2.45, 2.75) is 38.5 Å². The number of hydrogen-bond acceptors (Lipinski definition) is 5. The van der Waals surface area contributed by atoms with Crippen LogP contribution in [0.1, 0.15) is 30.5 Å². The Labute approximate surface area is 194 Å². The lowest BCUT2D eigenvalue weighted by atomic mass is 10.0. The molecule has 0 spiro atoms. The molecule has 0 bridgehead atoms. The van der Waals surface area contributed by atoms with Gasteiger partial charge < -0.3 is 5.11 Å². The Hall–Kier alpha value is -3.74. The van der Waals surface area contributed by atoms with Crippen molar-refractivity contribution in [3.8, 4) is 17.2 Å². The summed E-state index contributed by atoms with van der Waals surface area (Å²) in [5.41, 5.74) is -0.326. The summed E-state index contributed by atoms with van der Waals surface area (Å²) < 4.78 is 40.3. The lowest BCUT2D eigenvalue weighted by Crippen LogP contribution is -2.45. The van der Waals surface area contributed by atoms with Crippen LogP contribution in [0.4, 0.5) is 18.9 Å². The minimum atomic E-state index is -4.78. The number of aliphatic hydroxyl groups is 1. The number of carbonyl (C=O) groups is 1. The van der Waals surface area contributed by atoms with E-state index in [2.05, 4.69) is 4.98 Å². The molecule has 0 radical (unpaired) electrons. The molecule has 1 aromatic heterocycles. The fourth-order valence-electron chi connectivity index (χ4n) is 4.03. The van der Waals surface area contributed by atoms with E-state index < -0.39 is 35.1 Å². The van der Waals surface area contributed by atoms with E-state index in [0.717, 1.165) is 33.7 Å². The second kappa shape index (κ2) is 8.56. The van der Waals surface area contributed by atoms with Crippen molar-refractivity contribution >= 4 is 11.6 Å². The number of nitriles is 1. The summed E-state index contributed by atoms with van der Waals surface area (Å²) in [7, 11) is 0. The normalized spacial score (nSPS) is 18.2. The molecule has 1 atom stereocenters. The number of amides is 1. The summed E-state index contributed by atoms with van der Waals surface area (Å²) in [6.07, 6.45) is -2.84. The molecule has 1 saturated heterocycles. The molecule has 6 nitrogen and oxygen atoms in total. The molecular weight excluding hydrogens is 445 g/mol. The Morgan fingerprint density at radius 1 is 1.12 bits per heavy atom. The highest BCUT2D eigenvalue weighted by atomic mass is 19.4. The van der Waals surface area contributed by atoms with Crippen LogP contribution in [0.2, 0.25) is 0 Å². The Morgan fingerprint density at radius 3 is 2.41 bits per heavy atom. The van der Waals surface area contributed by atoms with Gasteiger partial charge in [0.25, 0.3) is 0 Å². The Morgan fingerprint density at radius 2 is 1.82 bits per heavy atom. The zero-order valence-corrected chi connectivity index (χ0v) is 18.4. The van der Waals surface area contributed by atoms with Crippen molar-refractivity contribution < 1.29 is 23.1 Å². The van der Waals surface area contributed by atoms with Gasteiger partial charge in [-0.05, 0) is 54.8 Å². The zero-order valence-electron chi connectivity index (χ0n) is 18.4. The zero-order chi connectivity index (χ0) is 24.7. The first-order valence-electron chi connectivity index (χ1n) is 10.4. The number of aliphatic hydroxyl groups excluding tert-OH is 1. The summed E-state index contributed by atoms with van der Waals surface area (Å²) in [6, 6.07) is 15.8. The number of aromatic nitrogens is 1. The third-order valence-corrected chi connectivity index (χ3v) is 5.98. The fourth-order valence-corrected chi connectivity index (χ4v) is 4.03. The molecule has 1 N–H and O–H groups in total. The summed E-state index contributed by atoms with van der Waals surface area (Å²) in [5.74, 6) is -0.551. The van der Waals surface area contributed by atoms with Crippen molar-refractivity contribution in [3.63, 3.8) is 0 Å². The van der Waals surface area contributed by atoms with Crippen LogP contribution in [0.25, 0.3) is 11.1 Å². The van der Waals surface area contributed by atoms with Crippen LogP contribution in [0.3, 0.4) is 0 Å². The maximum Gasteiger partial charge on any atom is 0.417 e. The van der Waals surface area contributed by atoms with Crippen molar-refractivity contribution in [3.05, 3.63) is 83.7 Å². The monoisotopic (exact) mass is 466 g/mol. The van der Waals surface area contributed by atoms with Crippen LogP contribution in [-0.4, -0.2) is 32.8 Å². The molecule has 2 heterocycles. The number of pyridine rings is 1. The summed E-state index contributed by atoms with van der Waals surface area (Å²) in [6.45, 7) is 3.40. The summed E-state index contributed by atoms with van der Waals surface area (Å²) in [4.78, 5) is 19.7. The second-order valence-corrected chi connectivity index (χ2v) is 8.49. The second-order valence-electron chi connectivity index (χ2n) is 8.49. The van der Waals surface area contributed by atoms with Gasteiger partial charge in [-0.15, -0.1) is 0 Å². The molecular formula is C25H21F3N4O2. The SMILES string of the molecule is CC1(C)C(=O)N(c2ccc(C#N)c(C(F)(F)F)c2)[C@@H](O)N1Cc1ccc(-c2cccnc2)cc1. The molecule has 1 amide bonds. The first-order chi connectivity index (χ1) is 16.0. The highest BCUT2D eigenvalue weighted by molar-refractivity contribution is 6.02. The van der Waals surface area contributed by atoms with Crippen LogP contribution in [0, 0.1) is 11.3 Å². The standard InChI is InChI=1S/C25H21F3N4O2/c1-24(2)22(33)32(20-10-9-18(13-29)21(12-20)25(26,27)28)23(34)31(24)15-16-5-7-17(8-6-16)19-4-3-11-30-14-19/h3-12,14,23,34H,15H2,1-2H3/t23-/m0/s1. The maximum absolute atomic E-state index is 13.4. The predicted octanol–water partition coefficient (Wildman–Crippen LogP) is 4.54. The van der Waals surface area contributed by atoms with Gasteiger partial charge in [-0.25, -0.2) is 4.90 Å². The largest absolute Gasteiger partial charge is 0.417 e. The summed E-state index contributed by atoms with van der Waals surface area (Å²) >= 11 is 0. The number of hydrogen-bond donors (Lipinski definition) is 1. The topological polar surface area (TPSA) is 80.5 Å². The molecule has 1 aliphatic rings. The molecule has 4 rings (SSSR count). The van der Waals surface area contributed by atoms with Crippen LogP contribution in [-0.2, 0) is 17.5 Å². The molecule has 0 unspecified atom stereocenters. The van der Waals surface area contributed by atoms with Gasteiger partial charge in [0.2, 0.25) is 5.91 Å². The van der Waals surface area contributed by atoms with Crippen LogP contribution >= 0.6 is 0 Å². The van der Waals surface area contributed by atoms with Crippen LogP contribution in [0.15, 0.2) is 67.0 Å². The number of anilines is 1. The van der Waals surface area contributed by atoms with Crippen molar-refractivity contribution in [1.29, 1.82) is 5.26 Å². The van der Waals surface area contributed by atoms with Gasteiger partial charge in [0.1, 0.15) is 0 Å². The molecule has 1 fully saturated rings. The van der Waals surface area contributed by atoms with Crippen molar-refractivity contribution in [2.75, 3.05) is 4.90 Å². The van der Waals surface area contributed by atoms with E-state index in [9.17, 15) is 23.1 Å². The fraction of sp³-hybridized carbons (Fsp3) is 0.240. The van der Waals surface area contributed by atoms with Crippen molar-refractivity contribution in [2.24, 2.45) is 0 Å². The molecule has 174 valence electrons. The summed E-state index contributed by atoms with van der Waals surface area (Å²) in [5, 5.41) is 20.0. The van der Waals surface area contributed by atoms with E-state index >= 15 is 0 Å². The van der Waals surface area contributed by atoms with E-state index in [-0.39, 0.29) is 12.2 Å². The average Bonchev–Trinajstić information content (AvgIpc) is 2.98. The minimum absolute atomic E-state index is 0.133. The number of carbonyl (C=O) groups excluding carboxylic acids is 1.